The summed E-state index contributed by atoms with van der Waals surface area (Å²) in [6.45, 7) is -0.464. The van der Waals surface area contributed by atoms with E-state index in [-0.39, 0.29) is 0 Å². The fraction of sp³-hybridized carbons (Fsp3) is 0.833. The Kier molecular flexibility index (Phi) is 2.89. The second-order valence-electron chi connectivity index (χ2n) is 2.95. The van der Waals surface area contributed by atoms with Crippen LogP contribution in [0.25, 0.3) is 0 Å². The number of aliphatic hydroxyl groups is 1. The van der Waals surface area contributed by atoms with Crippen LogP contribution in [0.3, 0.4) is 0 Å². The van der Waals surface area contributed by atoms with Gasteiger partial charge in [-0.2, -0.15) is 0 Å². The van der Waals surface area contributed by atoms with E-state index in [1.807, 2.05) is 4.72 Å². The molecule has 0 amide bonds. The Bertz CT molecular complexity index is 294. The normalized spacial score (nSPS) is 19.8. The summed E-state index contributed by atoms with van der Waals surface area (Å²) < 4.78 is 24.3. The van der Waals surface area contributed by atoms with Crippen molar-refractivity contribution in [3.63, 3.8) is 0 Å². The summed E-state index contributed by atoms with van der Waals surface area (Å²) in [4.78, 5) is 10.1. The zero-order chi connectivity index (χ0) is 10.1. The Hall–Kier alpha value is -0.660. The number of carboxylic acids is 1. The van der Waals surface area contributed by atoms with Gasteiger partial charge in [-0.3, -0.25) is 0 Å². The van der Waals surface area contributed by atoms with Gasteiger partial charge in [0.2, 0.25) is 10.0 Å². The zero-order valence-electron chi connectivity index (χ0n) is 6.80. The molecule has 1 fully saturated rings. The lowest BCUT2D eigenvalue weighted by molar-refractivity contribution is -0.146. The lowest BCUT2D eigenvalue weighted by atomic mass is 10.4. The maximum Gasteiger partial charge on any atom is 0.333 e. The van der Waals surface area contributed by atoms with Crippen molar-refractivity contribution in [3.05, 3.63) is 0 Å². The lowest BCUT2D eigenvalue weighted by Crippen LogP contribution is -2.37. The van der Waals surface area contributed by atoms with Gasteiger partial charge in [-0.05, 0) is 12.8 Å². The number of aliphatic hydroxyl groups excluding tert-OH is 1. The molecule has 0 spiro atoms. The van der Waals surface area contributed by atoms with Crippen LogP contribution in [0.1, 0.15) is 12.8 Å². The highest BCUT2D eigenvalue weighted by Gasteiger charge is 2.35. The van der Waals surface area contributed by atoms with Gasteiger partial charge in [0.15, 0.2) is 6.10 Å². The third-order valence-corrected chi connectivity index (χ3v) is 3.64. The standard InChI is InChI=1S/C6H11NO5S/c8-5(6(9)10)3-7-13(11,12)4-1-2-4/h4-5,7-8H,1-3H2,(H,9,10). The first-order valence-corrected chi connectivity index (χ1v) is 5.37. The van der Waals surface area contributed by atoms with E-state index >= 15 is 0 Å². The summed E-state index contributed by atoms with van der Waals surface area (Å²) in [6, 6.07) is 0. The van der Waals surface area contributed by atoms with Crippen molar-refractivity contribution in [2.24, 2.45) is 0 Å². The van der Waals surface area contributed by atoms with Gasteiger partial charge in [0.1, 0.15) is 0 Å². The summed E-state index contributed by atoms with van der Waals surface area (Å²) in [5.41, 5.74) is 0. The van der Waals surface area contributed by atoms with E-state index in [1.54, 1.807) is 0 Å². The van der Waals surface area contributed by atoms with Gasteiger partial charge >= 0.3 is 5.97 Å². The quantitative estimate of drug-likeness (QED) is 0.512. The second kappa shape index (κ2) is 3.60. The van der Waals surface area contributed by atoms with Crippen LogP contribution in [-0.4, -0.2) is 42.5 Å². The molecule has 76 valence electrons. The van der Waals surface area contributed by atoms with Gasteiger partial charge in [0, 0.05) is 6.54 Å². The van der Waals surface area contributed by atoms with Crippen molar-refractivity contribution < 1.29 is 23.4 Å². The molecule has 1 rings (SSSR count). The number of nitrogens with one attached hydrogen (secondary N) is 1. The largest absolute Gasteiger partial charge is 0.479 e. The van der Waals surface area contributed by atoms with Crippen molar-refractivity contribution >= 4 is 16.0 Å². The highest BCUT2D eigenvalue weighted by molar-refractivity contribution is 7.90. The Morgan fingerprint density at radius 3 is 2.46 bits per heavy atom. The minimum absolute atomic E-state index is 0.395. The van der Waals surface area contributed by atoms with E-state index < -0.39 is 33.9 Å². The van der Waals surface area contributed by atoms with Crippen LogP contribution < -0.4 is 4.72 Å². The van der Waals surface area contributed by atoms with Crippen LogP contribution >= 0.6 is 0 Å². The van der Waals surface area contributed by atoms with Gasteiger partial charge in [-0.25, -0.2) is 17.9 Å². The Morgan fingerprint density at radius 1 is 1.54 bits per heavy atom. The molecule has 0 radical (unpaired) electrons. The zero-order valence-corrected chi connectivity index (χ0v) is 7.62. The van der Waals surface area contributed by atoms with Gasteiger partial charge in [0.05, 0.1) is 5.25 Å². The van der Waals surface area contributed by atoms with Crippen LogP contribution in [0.5, 0.6) is 0 Å². The fourth-order valence-electron chi connectivity index (χ4n) is 0.779. The van der Waals surface area contributed by atoms with E-state index in [4.69, 9.17) is 10.2 Å². The molecular formula is C6H11NO5S. The molecular weight excluding hydrogens is 198 g/mol. The number of sulfonamides is 1. The van der Waals surface area contributed by atoms with Crippen LogP contribution in [-0.2, 0) is 14.8 Å². The molecule has 6 nitrogen and oxygen atoms in total. The van der Waals surface area contributed by atoms with Gasteiger partial charge in [0.25, 0.3) is 0 Å². The predicted molar refractivity (Wildman–Crippen MR) is 43.6 cm³/mol. The van der Waals surface area contributed by atoms with Crippen molar-refractivity contribution in [2.75, 3.05) is 6.54 Å². The summed E-state index contributed by atoms with van der Waals surface area (Å²) in [5, 5.41) is 16.6. The summed E-state index contributed by atoms with van der Waals surface area (Å²) in [5.74, 6) is -1.43. The van der Waals surface area contributed by atoms with Crippen LogP contribution in [0.4, 0.5) is 0 Å². The molecule has 1 aliphatic rings. The maximum absolute atomic E-state index is 11.1. The van der Waals surface area contributed by atoms with Gasteiger partial charge < -0.3 is 10.2 Å². The number of aliphatic carboxylic acids is 1. The van der Waals surface area contributed by atoms with E-state index in [0.717, 1.165) is 0 Å². The molecule has 1 saturated carbocycles. The average molecular weight is 209 g/mol. The summed E-state index contributed by atoms with van der Waals surface area (Å²) in [6.07, 6.45) is -0.453. The Morgan fingerprint density at radius 2 is 2.08 bits per heavy atom. The van der Waals surface area contributed by atoms with Gasteiger partial charge in [-0.1, -0.05) is 0 Å². The predicted octanol–water partition coefficient (Wildman–Crippen LogP) is -1.49. The van der Waals surface area contributed by atoms with Gasteiger partial charge in [-0.15, -0.1) is 0 Å². The number of carboxylic acid groups (broad SMARTS) is 1. The Labute approximate surface area is 75.6 Å². The van der Waals surface area contributed by atoms with Crippen LogP contribution in [0.15, 0.2) is 0 Å². The average Bonchev–Trinajstić information content (AvgIpc) is 2.81. The number of carbonyl (C=O) groups is 1. The summed E-state index contributed by atoms with van der Waals surface area (Å²) >= 11 is 0. The molecule has 7 heteroatoms. The molecule has 1 unspecified atom stereocenters. The third kappa shape index (κ3) is 2.94. The van der Waals surface area contributed by atoms with Crippen molar-refractivity contribution in [2.45, 2.75) is 24.2 Å². The first kappa shape index (κ1) is 10.4. The van der Waals surface area contributed by atoms with Crippen molar-refractivity contribution in [1.29, 1.82) is 0 Å². The molecule has 0 aliphatic heterocycles. The fourth-order valence-corrected chi connectivity index (χ4v) is 2.16. The molecule has 3 N–H and O–H groups in total. The molecule has 0 aromatic carbocycles. The first-order chi connectivity index (χ1) is 5.93. The molecule has 0 saturated heterocycles. The van der Waals surface area contributed by atoms with Crippen LogP contribution in [0.2, 0.25) is 0 Å². The highest BCUT2D eigenvalue weighted by Crippen LogP contribution is 2.27. The highest BCUT2D eigenvalue weighted by atomic mass is 32.2. The van der Waals surface area contributed by atoms with E-state index in [0.29, 0.717) is 12.8 Å². The monoisotopic (exact) mass is 209 g/mol. The van der Waals surface area contributed by atoms with Crippen molar-refractivity contribution in [1.82, 2.24) is 4.72 Å². The second-order valence-corrected chi connectivity index (χ2v) is 4.99. The molecule has 0 heterocycles. The van der Waals surface area contributed by atoms with E-state index in [1.165, 1.54) is 0 Å². The third-order valence-electron chi connectivity index (χ3n) is 1.73. The topological polar surface area (TPSA) is 104 Å². The molecule has 0 aromatic rings. The molecule has 1 atom stereocenters. The number of hydrogen-bond acceptors (Lipinski definition) is 4. The van der Waals surface area contributed by atoms with E-state index in [2.05, 4.69) is 0 Å². The minimum Gasteiger partial charge on any atom is -0.479 e. The lowest BCUT2D eigenvalue weighted by Gasteiger charge is -2.07. The number of hydrogen-bond donors (Lipinski definition) is 3. The smallest absolute Gasteiger partial charge is 0.333 e. The first-order valence-electron chi connectivity index (χ1n) is 3.83. The molecule has 0 aromatic heterocycles. The molecule has 0 bridgehead atoms. The van der Waals surface area contributed by atoms with Crippen LogP contribution in [0, 0.1) is 0 Å². The van der Waals surface area contributed by atoms with E-state index in [9.17, 15) is 13.2 Å². The minimum atomic E-state index is -3.39. The van der Waals surface area contributed by atoms with Crippen molar-refractivity contribution in [3.8, 4) is 0 Å². The SMILES string of the molecule is O=C(O)C(O)CNS(=O)(=O)C1CC1. The summed E-state index contributed by atoms with van der Waals surface area (Å²) in [7, 11) is -3.39. The molecule has 13 heavy (non-hydrogen) atoms. The maximum atomic E-state index is 11.1. The Balaban J connectivity index is 2.37. The number of rotatable bonds is 5. The molecule has 1 aliphatic carbocycles.